The molecule has 3 aliphatic heterocycles. The number of amides is 3. The molecule has 4 aliphatic rings. The standard InChI is InChI=1S/C31H31F3N4O3/c1-17-15-35-26-25(17)30(27(40)37-26)13-18-8-9-20(12-19(18)14-30)36-24(39)16-38-23(10-11-29(2,3)28(38)41)21-6-4-5-7-22(21)31(32,33)34/h4-9,12,15,17,23H,10-11,13-14,16H2,1-3H3,(H,36,39)(H,37,40). The van der Waals surface area contributed by atoms with Gasteiger partial charge in [0.1, 0.15) is 12.4 Å². The largest absolute Gasteiger partial charge is 0.416 e. The van der Waals surface area contributed by atoms with E-state index in [-0.39, 0.29) is 29.8 Å². The van der Waals surface area contributed by atoms with Crippen molar-refractivity contribution in [2.24, 2.45) is 21.7 Å². The molecule has 3 atom stereocenters. The van der Waals surface area contributed by atoms with E-state index >= 15 is 0 Å². The molecule has 0 radical (unpaired) electrons. The molecule has 1 aliphatic carbocycles. The Kier molecular flexibility index (Phi) is 6.17. The summed E-state index contributed by atoms with van der Waals surface area (Å²) in [4.78, 5) is 45.4. The maximum Gasteiger partial charge on any atom is 0.416 e. The second-order valence-corrected chi connectivity index (χ2v) is 12.2. The maximum absolute atomic E-state index is 13.8. The molecule has 1 saturated heterocycles. The quantitative estimate of drug-likeness (QED) is 0.536. The Bertz CT molecular complexity index is 1540. The number of carbonyl (C=O) groups excluding carboxylic acids is 3. The zero-order chi connectivity index (χ0) is 29.3. The lowest BCUT2D eigenvalue weighted by Gasteiger charge is -2.43. The van der Waals surface area contributed by atoms with Gasteiger partial charge in [0.15, 0.2) is 0 Å². The van der Waals surface area contributed by atoms with Crippen LogP contribution in [0.3, 0.4) is 0 Å². The van der Waals surface area contributed by atoms with Crippen molar-refractivity contribution in [1.29, 1.82) is 0 Å². The third-order valence-electron chi connectivity index (χ3n) is 8.99. The highest BCUT2D eigenvalue weighted by atomic mass is 19.4. The van der Waals surface area contributed by atoms with Gasteiger partial charge in [0.2, 0.25) is 17.7 Å². The predicted molar refractivity (Wildman–Crippen MR) is 147 cm³/mol. The first-order chi connectivity index (χ1) is 19.3. The van der Waals surface area contributed by atoms with Crippen LogP contribution < -0.4 is 10.6 Å². The average molecular weight is 565 g/mol. The number of hydrogen-bond donors (Lipinski definition) is 2. The molecule has 0 aromatic heterocycles. The number of benzene rings is 2. The van der Waals surface area contributed by atoms with Gasteiger partial charge < -0.3 is 15.5 Å². The van der Waals surface area contributed by atoms with Crippen LogP contribution in [0.15, 0.2) is 58.9 Å². The van der Waals surface area contributed by atoms with Crippen LogP contribution in [-0.2, 0) is 33.4 Å². The van der Waals surface area contributed by atoms with Gasteiger partial charge in [-0.2, -0.15) is 13.2 Å². The summed E-state index contributed by atoms with van der Waals surface area (Å²) >= 11 is 0. The third kappa shape index (κ3) is 4.44. The minimum atomic E-state index is -4.59. The molecule has 0 bridgehead atoms. The van der Waals surface area contributed by atoms with E-state index in [0.29, 0.717) is 37.2 Å². The fourth-order valence-corrected chi connectivity index (χ4v) is 6.96. The second-order valence-electron chi connectivity index (χ2n) is 12.2. The average Bonchev–Trinajstić information content (AvgIpc) is 3.54. The summed E-state index contributed by atoms with van der Waals surface area (Å²) in [5.41, 5.74) is 1.16. The SMILES string of the molecule is CC1C=NC2=C1C1(Cc3ccc(NC(=O)CN4C(=O)C(C)(C)CCC4c4ccccc4C(F)(F)F)cc3C1)C(=O)N2. The zero-order valence-corrected chi connectivity index (χ0v) is 23.1. The highest BCUT2D eigenvalue weighted by Gasteiger charge is 2.54. The van der Waals surface area contributed by atoms with Gasteiger partial charge in [-0.25, -0.2) is 4.99 Å². The van der Waals surface area contributed by atoms with Crippen LogP contribution in [0, 0.1) is 16.7 Å². The van der Waals surface area contributed by atoms with E-state index in [1.165, 1.54) is 23.1 Å². The van der Waals surface area contributed by atoms with E-state index in [2.05, 4.69) is 15.6 Å². The van der Waals surface area contributed by atoms with E-state index < -0.39 is 34.5 Å². The molecular weight excluding hydrogens is 533 g/mol. The fraction of sp³-hybridized carbons (Fsp3) is 0.419. The Labute approximate surface area is 235 Å². The first-order valence-corrected chi connectivity index (χ1v) is 13.8. The Morgan fingerprint density at radius 1 is 1.12 bits per heavy atom. The molecule has 1 spiro atoms. The van der Waals surface area contributed by atoms with Gasteiger partial charge in [0, 0.05) is 23.2 Å². The van der Waals surface area contributed by atoms with Gasteiger partial charge in [-0.3, -0.25) is 14.4 Å². The van der Waals surface area contributed by atoms with Crippen LogP contribution in [0.1, 0.15) is 61.9 Å². The van der Waals surface area contributed by atoms with Gasteiger partial charge in [-0.05, 0) is 66.1 Å². The van der Waals surface area contributed by atoms with E-state index in [0.717, 1.165) is 22.8 Å². The van der Waals surface area contributed by atoms with Crippen molar-refractivity contribution >= 4 is 29.6 Å². The third-order valence-corrected chi connectivity index (χ3v) is 8.99. The van der Waals surface area contributed by atoms with Gasteiger partial charge in [0.05, 0.1) is 17.0 Å². The number of alkyl halides is 3. The number of anilines is 1. The van der Waals surface area contributed by atoms with Crippen LogP contribution in [0.2, 0.25) is 0 Å². The Morgan fingerprint density at radius 2 is 1.85 bits per heavy atom. The molecule has 6 rings (SSSR count). The zero-order valence-electron chi connectivity index (χ0n) is 23.1. The highest BCUT2D eigenvalue weighted by Crippen LogP contribution is 2.51. The van der Waals surface area contributed by atoms with E-state index in [9.17, 15) is 27.6 Å². The van der Waals surface area contributed by atoms with Crippen molar-refractivity contribution < 1.29 is 27.6 Å². The molecule has 214 valence electrons. The smallest absolute Gasteiger partial charge is 0.326 e. The van der Waals surface area contributed by atoms with Crippen LogP contribution >= 0.6 is 0 Å². The Morgan fingerprint density at radius 3 is 2.61 bits per heavy atom. The van der Waals surface area contributed by atoms with Crippen LogP contribution in [-0.4, -0.2) is 35.4 Å². The van der Waals surface area contributed by atoms with Gasteiger partial charge in [0.25, 0.3) is 0 Å². The molecule has 10 heteroatoms. The number of likely N-dealkylation sites (tertiary alicyclic amines) is 1. The van der Waals surface area contributed by atoms with Crippen molar-refractivity contribution in [3.05, 3.63) is 76.1 Å². The molecular formula is C31H31F3N4O3. The first kappa shape index (κ1) is 27.2. The van der Waals surface area contributed by atoms with Crippen molar-refractivity contribution in [2.45, 2.75) is 58.7 Å². The predicted octanol–water partition coefficient (Wildman–Crippen LogP) is 5.18. The number of nitrogens with zero attached hydrogens (tertiary/aromatic N) is 2. The number of fused-ring (bicyclic) bond motifs is 2. The summed E-state index contributed by atoms with van der Waals surface area (Å²) in [5, 5.41) is 5.75. The Hall–Kier alpha value is -3.95. The molecule has 2 aromatic rings. The molecule has 3 amide bonds. The monoisotopic (exact) mass is 564 g/mol. The number of nitrogens with one attached hydrogen (secondary N) is 2. The van der Waals surface area contributed by atoms with Crippen molar-refractivity contribution in [1.82, 2.24) is 10.2 Å². The molecule has 0 saturated carbocycles. The topological polar surface area (TPSA) is 90.9 Å². The summed E-state index contributed by atoms with van der Waals surface area (Å²) in [6.45, 7) is 5.14. The number of carbonyl (C=O) groups is 3. The summed E-state index contributed by atoms with van der Waals surface area (Å²) in [6.07, 6.45) is -1.00. The number of halogens is 3. The van der Waals surface area contributed by atoms with E-state index in [4.69, 9.17) is 0 Å². The lowest BCUT2D eigenvalue weighted by atomic mass is 9.74. The molecule has 41 heavy (non-hydrogen) atoms. The van der Waals surface area contributed by atoms with E-state index in [1.54, 1.807) is 19.9 Å². The molecule has 3 unspecified atom stereocenters. The summed E-state index contributed by atoms with van der Waals surface area (Å²) in [7, 11) is 0. The van der Waals surface area contributed by atoms with Crippen molar-refractivity contribution in [3.8, 4) is 0 Å². The van der Waals surface area contributed by atoms with E-state index in [1.807, 2.05) is 25.3 Å². The molecule has 7 nitrogen and oxygen atoms in total. The molecule has 2 aromatic carbocycles. The van der Waals surface area contributed by atoms with Crippen molar-refractivity contribution in [3.63, 3.8) is 0 Å². The Balaban J connectivity index is 1.23. The number of aliphatic imine (C=N–C) groups is 1. The number of hydrogen-bond acceptors (Lipinski definition) is 4. The fourth-order valence-electron chi connectivity index (χ4n) is 6.96. The van der Waals surface area contributed by atoms with Gasteiger partial charge in [-0.1, -0.05) is 45.0 Å². The summed E-state index contributed by atoms with van der Waals surface area (Å²) in [6, 6.07) is 9.85. The van der Waals surface area contributed by atoms with Crippen LogP contribution in [0.4, 0.5) is 18.9 Å². The normalized spacial score (nSPS) is 26.4. The van der Waals surface area contributed by atoms with Crippen LogP contribution in [0.25, 0.3) is 0 Å². The summed E-state index contributed by atoms with van der Waals surface area (Å²) in [5.74, 6) is -0.233. The van der Waals surface area contributed by atoms with Gasteiger partial charge >= 0.3 is 6.18 Å². The summed E-state index contributed by atoms with van der Waals surface area (Å²) < 4.78 is 41.5. The van der Waals surface area contributed by atoms with Gasteiger partial charge in [-0.15, -0.1) is 0 Å². The first-order valence-electron chi connectivity index (χ1n) is 13.8. The molecule has 1 fully saturated rings. The minimum Gasteiger partial charge on any atom is -0.326 e. The van der Waals surface area contributed by atoms with Crippen LogP contribution in [0.5, 0.6) is 0 Å². The molecule has 3 heterocycles. The highest BCUT2D eigenvalue weighted by molar-refractivity contribution is 5.97. The number of piperidine rings is 1. The number of rotatable bonds is 4. The van der Waals surface area contributed by atoms with Crippen molar-refractivity contribution in [2.75, 3.05) is 11.9 Å². The lowest BCUT2D eigenvalue weighted by Crippen LogP contribution is -2.50. The second kappa shape index (κ2) is 9.29. The maximum atomic E-state index is 13.8. The minimum absolute atomic E-state index is 0.00638. The lowest BCUT2D eigenvalue weighted by molar-refractivity contribution is -0.152. The molecule has 2 N–H and O–H groups in total.